The highest BCUT2D eigenvalue weighted by Gasteiger charge is 2.23. The second-order valence-corrected chi connectivity index (χ2v) is 7.56. The number of para-hydroxylation sites is 2. The number of hydrogen-bond acceptors (Lipinski definition) is 5. The van der Waals surface area contributed by atoms with Gasteiger partial charge in [-0.3, -0.25) is 4.79 Å². The van der Waals surface area contributed by atoms with Crippen LogP contribution in [-0.4, -0.2) is 18.5 Å². The van der Waals surface area contributed by atoms with E-state index in [9.17, 15) is 9.59 Å². The van der Waals surface area contributed by atoms with Crippen LogP contribution in [0.5, 0.6) is 5.75 Å². The lowest BCUT2D eigenvalue weighted by atomic mass is 10.1. The molecule has 7 heteroatoms. The zero-order valence-electron chi connectivity index (χ0n) is 16.3. The summed E-state index contributed by atoms with van der Waals surface area (Å²) in [5.74, 6) is -0.496. The maximum Gasteiger partial charge on any atom is 0.375 e. The van der Waals surface area contributed by atoms with Crippen LogP contribution in [0.4, 0.5) is 5.69 Å². The molecule has 0 aliphatic rings. The molecule has 1 amide bonds. The number of fused-ring (bicyclic) bond motifs is 1. The Morgan fingerprint density at radius 2 is 1.71 bits per heavy atom. The lowest BCUT2D eigenvalue weighted by Gasteiger charge is -2.08. The Kier molecular flexibility index (Phi) is 6.33. The van der Waals surface area contributed by atoms with Crippen LogP contribution in [-0.2, 0) is 16.1 Å². The van der Waals surface area contributed by atoms with E-state index in [4.69, 9.17) is 13.9 Å². The number of nitrogens with one attached hydrogen (secondary N) is 1. The molecule has 1 N–H and O–H groups in total. The van der Waals surface area contributed by atoms with E-state index >= 15 is 0 Å². The van der Waals surface area contributed by atoms with E-state index in [0.717, 1.165) is 9.86 Å². The first-order valence-corrected chi connectivity index (χ1v) is 10.3. The molecule has 31 heavy (non-hydrogen) atoms. The maximum atomic E-state index is 12.7. The predicted octanol–water partition coefficient (Wildman–Crippen LogP) is 5.57. The molecular formula is C24H18BrNO5. The SMILES string of the molecule is O=C(COC(=O)c1oc2ccccc2c1COc1ccccc1)Nc1cccc(Br)c1. The van der Waals surface area contributed by atoms with Gasteiger partial charge in [-0.2, -0.15) is 0 Å². The van der Waals surface area contributed by atoms with Gasteiger partial charge in [-0.05, 0) is 36.4 Å². The number of furan rings is 1. The number of benzene rings is 3. The fraction of sp³-hybridized carbons (Fsp3) is 0.0833. The largest absolute Gasteiger partial charge is 0.489 e. The predicted molar refractivity (Wildman–Crippen MR) is 120 cm³/mol. The van der Waals surface area contributed by atoms with Gasteiger partial charge in [0.05, 0.1) is 5.56 Å². The topological polar surface area (TPSA) is 77.8 Å². The minimum Gasteiger partial charge on any atom is -0.489 e. The van der Waals surface area contributed by atoms with E-state index in [2.05, 4.69) is 21.2 Å². The van der Waals surface area contributed by atoms with Crippen molar-refractivity contribution in [1.82, 2.24) is 0 Å². The highest BCUT2D eigenvalue weighted by molar-refractivity contribution is 9.10. The van der Waals surface area contributed by atoms with Gasteiger partial charge in [0, 0.05) is 15.5 Å². The van der Waals surface area contributed by atoms with Crippen LogP contribution in [0.25, 0.3) is 11.0 Å². The van der Waals surface area contributed by atoms with Crippen molar-refractivity contribution in [3.63, 3.8) is 0 Å². The fourth-order valence-electron chi connectivity index (χ4n) is 3.04. The second-order valence-electron chi connectivity index (χ2n) is 6.64. The summed E-state index contributed by atoms with van der Waals surface area (Å²) in [6, 6.07) is 23.7. The molecule has 0 spiro atoms. The van der Waals surface area contributed by atoms with Crippen LogP contribution in [0, 0.1) is 0 Å². The monoisotopic (exact) mass is 479 g/mol. The number of carbonyl (C=O) groups excluding carboxylic acids is 2. The molecule has 0 unspecified atom stereocenters. The van der Waals surface area contributed by atoms with Crippen LogP contribution in [0.15, 0.2) is 87.8 Å². The summed E-state index contributed by atoms with van der Waals surface area (Å²) < 4.78 is 17.6. The summed E-state index contributed by atoms with van der Waals surface area (Å²) in [5.41, 5.74) is 1.70. The summed E-state index contributed by atoms with van der Waals surface area (Å²) in [6.45, 7) is -0.322. The number of halogens is 1. The third-order valence-electron chi connectivity index (χ3n) is 4.45. The molecule has 0 aliphatic carbocycles. The van der Waals surface area contributed by atoms with Crippen LogP contribution < -0.4 is 10.1 Å². The highest BCUT2D eigenvalue weighted by Crippen LogP contribution is 2.28. The number of rotatable bonds is 7. The molecule has 0 saturated heterocycles. The van der Waals surface area contributed by atoms with Crippen molar-refractivity contribution in [3.8, 4) is 5.75 Å². The van der Waals surface area contributed by atoms with E-state index in [0.29, 0.717) is 22.6 Å². The van der Waals surface area contributed by atoms with Crippen LogP contribution in [0.1, 0.15) is 16.1 Å². The molecule has 156 valence electrons. The quantitative estimate of drug-likeness (QED) is 0.350. The van der Waals surface area contributed by atoms with Gasteiger partial charge in [0.15, 0.2) is 6.61 Å². The smallest absolute Gasteiger partial charge is 0.375 e. The molecule has 0 bridgehead atoms. The third kappa shape index (κ3) is 5.13. The van der Waals surface area contributed by atoms with Gasteiger partial charge in [0.1, 0.15) is 17.9 Å². The summed E-state index contributed by atoms with van der Waals surface area (Å²) in [6.07, 6.45) is 0. The molecule has 6 nitrogen and oxygen atoms in total. The molecule has 0 atom stereocenters. The van der Waals surface area contributed by atoms with Crippen LogP contribution in [0.3, 0.4) is 0 Å². The van der Waals surface area contributed by atoms with Crippen molar-refractivity contribution in [2.45, 2.75) is 6.61 Å². The first kappa shape index (κ1) is 20.7. The molecular weight excluding hydrogens is 462 g/mol. The Hall–Kier alpha value is -3.58. The zero-order chi connectivity index (χ0) is 21.6. The van der Waals surface area contributed by atoms with Crippen molar-refractivity contribution in [3.05, 3.63) is 94.7 Å². The Morgan fingerprint density at radius 1 is 0.935 bits per heavy atom. The standard InChI is InChI=1S/C24H18BrNO5/c25-16-7-6-8-17(13-16)26-22(27)15-30-24(28)23-20(14-29-18-9-2-1-3-10-18)19-11-4-5-12-21(19)31-23/h1-13H,14-15H2,(H,26,27). The van der Waals surface area contributed by atoms with Gasteiger partial charge in [-0.25, -0.2) is 4.79 Å². The average Bonchev–Trinajstić information content (AvgIpc) is 3.15. The van der Waals surface area contributed by atoms with Gasteiger partial charge in [0.25, 0.3) is 5.91 Å². The summed E-state index contributed by atoms with van der Waals surface area (Å²) in [4.78, 5) is 24.9. The van der Waals surface area contributed by atoms with Crippen molar-refractivity contribution in [1.29, 1.82) is 0 Å². The van der Waals surface area contributed by atoms with Crippen molar-refractivity contribution in [2.24, 2.45) is 0 Å². The number of amides is 1. The Morgan fingerprint density at radius 3 is 2.52 bits per heavy atom. The van der Waals surface area contributed by atoms with Gasteiger partial charge in [-0.1, -0.05) is 58.4 Å². The van der Waals surface area contributed by atoms with Crippen molar-refractivity contribution in [2.75, 3.05) is 11.9 Å². The second kappa shape index (κ2) is 9.49. The third-order valence-corrected chi connectivity index (χ3v) is 4.95. The first-order chi connectivity index (χ1) is 15.1. The molecule has 4 rings (SSSR count). The molecule has 3 aromatic carbocycles. The van der Waals surface area contributed by atoms with Crippen molar-refractivity contribution >= 4 is 44.5 Å². The molecule has 0 aliphatic heterocycles. The van der Waals surface area contributed by atoms with E-state index < -0.39 is 18.5 Å². The Balaban J connectivity index is 1.47. The number of ether oxygens (including phenoxy) is 2. The number of carbonyl (C=O) groups is 2. The zero-order valence-corrected chi connectivity index (χ0v) is 17.9. The molecule has 0 radical (unpaired) electrons. The molecule has 1 heterocycles. The number of hydrogen-bond donors (Lipinski definition) is 1. The van der Waals surface area contributed by atoms with Crippen LogP contribution in [0.2, 0.25) is 0 Å². The lowest BCUT2D eigenvalue weighted by Crippen LogP contribution is -2.21. The van der Waals surface area contributed by atoms with E-state index in [-0.39, 0.29) is 12.4 Å². The van der Waals surface area contributed by atoms with E-state index in [1.165, 1.54) is 0 Å². The van der Waals surface area contributed by atoms with Crippen molar-refractivity contribution < 1.29 is 23.5 Å². The van der Waals surface area contributed by atoms with Gasteiger partial charge >= 0.3 is 5.97 Å². The normalized spacial score (nSPS) is 10.6. The van der Waals surface area contributed by atoms with Gasteiger partial charge in [-0.15, -0.1) is 0 Å². The minimum atomic E-state index is -0.729. The van der Waals surface area contributed by atoms with E-state index in [1.807, 2.05) is 54.6 Å². The molecule has 1 aromatic heterocycles. The highest BCUT2D eigenvalue weighted by atomic mass is 79.9. The van der Waals surface area contributed by atoms with Crippen LogP contribution >= 0.6 is 15.9 Å². The Labute approximate surface area is 186 Å². The number of esters is 1. The first-order valence-electron chi connectivity index (χ1n) is 9.51. The summed E-state index contributed by atoms with van der Waals surface area (Å²) >= 11 is 3.34. The summed E-state index contributed by atoms with van der Waals surface area (Å²) in [7, 11) is 0. The van der Waals surface area contributed by atoms with Gasteiger partial charge in [0.2, 0.25) is 5.76 Å². The molecule has 0 saturated carbocycles. The molecule has 0 fully saturated rings. The Bertz CT molecular complexity index is 1220. The van der Waals surface area contributed by atoms with Gasteiger partial charge < -0.3 is 19.2 Å². The fourth-order valence-corrected chi connectivity index (χ4v) is 3.44. The average molecular weight is 480 g/mol. The number of anilines is 1. The molecule has 4 aromatic rings. The minimum absolute atomic E-state index is 0.0207. The van der Waals surface area contributed by atoms with E-state index in [1.54, 1.807) is 24.3 Å². The maximum absolute atomic E-state index is 12.7. The lowest BCUT2D eigenvalue weighted by molar-refractivity contribution is -0.119. The summed E-state index contributed by atoms with van der Waals surface area (Å²) in [5, 5.41) is 3.43.